The topological polar surface area (TPSA) is 72.2 Å². The fourth-order valence-electron chi connectivity index (χ4n) is 1.77. The zero-order chi connectivity index (χ0) is 15.3. The van der Waals surface area contributed by atoms with E-state index in [9.17, 15) is 14.0 Å². The second kappa shape index (κ2) is 7.28. The lowest BCUT2D eigenvalue weighted by Crippen LogP contribution is -2.47. The Kier molecular flexibility index (Phi) is 6.01. The number of carbonyl (C=O) groups excluding carboxylic acids is 2. The maximum Gasteiger partial charge on any atom is 0.251 e. The smallest absolute Gasteiger partial charge is 0.251 e. The Hall–Kier alpha value is -1.56. The van der Waals surface area contributed by atoms with E-state index in [0.717, 1.165) is 0 Å². The molecule has 0 fully saturated rings. The third-order valence-electron chi connectivity index (χ3n) is 2.87. The van der Waals surface area contributed by atoms with Gasteiger partial charge in [-0.3, -0.25) is 9.59 Å². The average Bonchev–Trinajstić information content (AvgIpc) is 2.37. The fourth-order valence-corrected chi connectivity index (χ4v) is 2.31. The number of nitrogens with two attached hydrogens (primary N) is 1. The third-order valence-corrected chi connectivity index (χ3v) is 3.47. The molecule has 1 aromatic carbocycles. The van der Waals surface area contributed by atoms with Crippen molar-refractivity contribution >= 4 is 23.6 Å². The second-order valence-corrected chi connectivity index (χ2v) is 5.70. The molecular weight excluding hydrogens is 279 g/mol. The molecule has 0 spiro atoms. The van der Waals surface area contributed by atoms with Crippen molar-refractivity contribution < 1.29 is 14.0 Å². The van der Waals surface area contributed by atoms with Crippen LogP contribution in [0.25, 0.3) is 0 Å². The molecule has 0 aliphatic heterocycles. The van der Waals surface area contributed by atoms with E-state index in [1.54, 1.807) is 13.8 Å². The van der Waals surface area contributed by atoms with Gasteiger partial charge in [0.25, 0.3) is 5.91 Å². The fraction of sp³-hybridized carbons (Fsp3) is 0.429. The lowest BCUT2D eigenvalue weighted by atomic mass is 10.0. The number of rotatable bonds is 6. The van der Waals surface area contributed by atoms with Gasteiger partial charge in [-0.05, 0) is 35.9 Å². The molecule has 6 heteroatoms. The second-order valence-electron chi connectivity index (χ2n) is 4.84. The summed E-state index contributed by atoms with van der Waals surface area (Å²) in [5, 5.41) is 2.58. The first-order valence-electron chi connectivity index (χ1n) is 6.24. The quantitative estimate of drug-likeness (QED) is 0.843. The van der Waals surface area contributed by atoms with Gasteiger partial charge in [-0.2, -0.15) is 11.8 Å². The molecule has 2 amide bonds. The largest absolute Gasteiger partial charge is 0.368 e. The number of amides is 2. The molecule has 1 rings (SSSR count). The number of thioether (sulfide) groups is 1. The zero-order valence-corrected chi connectivity index (χ0v) is 12.6. The van der Waals surface area contributed by atoms with E-state index in [2.05, 4.69) is 5.32 Å². The highest BCUT2D eigenvalue weighted by molar-refractivity contribution is 7.97. The van der Waals surface area contributed by atoms with Crippen molar-refractivity contribution in [1.82, 2.24) is 5.32 Å². The molecule has 0 unspecified atom stereocenters. The number of halogens is 1. The van der Waals surface area contributed by atoms with Gasteiger partial charge in [0.2, 0.25) is 5.91 Å². The molecule has 0 aromatic heterocycles. The number of primary amides is 1. The molecule has 110 valence electrons. The highest BCUT2D eigenvalue weighted by Gasteiger charge is 2.22. The maximum absolute atomic E-state index is 13.5. The van der Waals surface area contributed by atoms with E-state index in [0.29, 0.717) is 16.9 Å². The molecule has 0 aliphatic rings. The Labute approximate surface area is 122 Å². The van der Waals surface area contributed by atoms with E-state index in [1.807, 2.05) is 6.26 Å². The minimum atomic E-state index is -0.739. The predicted octanol–water partition coefficient (Wildman–Crippen LogP) is 1.93. The van der Waals surface area contributed by atoms with Crippen molar-refractivity contribution in [3.8, 4) is 0 Å². The van der Waals surface area contributed by atoms with Crippen molar-refractivity contribution in [3.63, 3.8) is 0 Å². The Morgan fingerprint density at radius 1 is 1.40 bits per heavy atom. The summed E-state index contributed by atoms with van der Waals surface area (Å²) in [6.07, 6.45) is 1.86. The predicted molar refractivity (Wildman–Crippen MR) is 78.9 cm³/mol. The van der Waals surface area contributed by atoms with Crippen molar-refractivity contribution in [2.75, 3.05) is 6.26 Å². The van der Waals surface area contributed by atoms with Gasteiger partial charge in [0.05, 0.1) is 0 Å². The minimum Gasteiger partial charge on any atom is -0.368 e. The van der Waals surface area contributed by atoms with Crippen LogP contribution in [-0.2, 0) is 10.5 Å². The van der Waals surface area contributed by atoms with Gasteiger partial charge in [0.1, 0.15) is 11.9 Å². The van der Waals surface area contributed by atoms with Crippen molar-refractivity contribution in [3.05, 3.63) is 35.1 Å². The Bertz CT molecular complexity index is 506. The van der Waals surface area contributed by atoms with Gasteiger partial charge in [0, 0.05) is 11.3 Å². The van der Waals surface area contributed by atoms with Crippen molar-refractivity contribution in [2.45, 2.75) is 25.6 Å². The van der Waals surface area contributed by atoms with Crippen LogP contribution in [0.5, 0.6) is 0 Å². The Balaban J connectivity index is 2.92. The van der Waals surface area contributed by atoms with Gasteiger partial charge < -0.3 is 11.1 Å². The van der Waals surface area contributed by atoms with Crippen LogP contribution in [0.15, 0.2) is 18.2 Å². The van der Waals surface area contributed by atoms with Crippen LogP contribution in [0.1, 0.15) is 29.8 Å². The molecule has 1 atom stereocenters. The van der Waals surface area contributed by atoms with E-state index in [-0.39, 0.29) is 11.7 Å². The Morgan fingerprint density at radius 3 is 2.55 bits per heavy atom. The van der Waals surface area contributed by atoms with Crippen molar-refractivity contribution in [1.29, 1.82) is 0 Å². The van der Waals surface area contributed by atoms with Crippen LogP contribution >= 0.6 is 11.8 Å². The van der Waals surface area contributed by atoms with Crippen LogP contribution in [0.4, 0.5) is 4.39 Å². The lowest BCUT2D eigenvalue weighted by Gasteiger charge is -2.19. The van der Waals surface area contributed by atoms with Crippen molar-refractivity contribution in [2.24, 2.45) is 11.7 Å². The van der Waals surface area contributed by atoms with Gasteiger partial charge in [-0.25, -0.2) is 4.39 Å². The summed E-state index contributed by atoms with van der Waals surface area (Å²) in [5.74, 6) is -0.977. The summed E-state index contributed by atoms with van der Waals surface area (Å²) in [6.45, 7) is 3.58. The number of benzene rings is 1. The highest BCUT2D eigenvalue weighted by atomic mass is 32.2. The molecule has 0 heterocycles. The maximum atomic E-state index is 13.5. The number of hydrogen-bond acceptors (Lipinski definition) is 3. The highest BCUT2D eigenvalue weighted by Crippen LogP contribution is 2.16. The molecule has 3 N–H and O–H groups in total. The molecule has 20 heavy (non-hydrogen) atoms. The molecule has 0 saturated carbocycles. The summed E-state index contributed by atoms with van der Waals surface area (Å²) in [7, 11) is 0. The van der Waals surface area contributed by atoms with E-state index in [4.69, 9.17) is 5.73 Å². The van der Waals surface area contributed by atoms with Gasteiger partial charge in [0.15, 0.2) is 0 Å². The lowest BCUT2D eigenvalue weighted by molar-refractivity contribution is -0.120. The number of carbonyl (C=O) groups is 2. The third kappa shape index (κ3) is 4.23. The van der Waals surface area contributed by atoms with Crippen LogP contribution < -0.4 is 11.1 Å². The molecule has 0 radical (unpaired) electrons. The summed E-state index contributed by atoms with van der Waals surface area (Å²) >= 11 is 1.47. The summed E-state index contributed by atoms with van der Waals surface area (Å²) in [5.41, 5.74) is 6.03. The SMILES string of the molecule is CSCc1cc(C(=O)N[C@H](C(N)=O)C(C)C)ccc1F. The van der Waals surface area contributed by atoms with E-state index >= 15 is 0 Å². The van der Waals surface area contributed by atoms with Crippen LogP contribution in [0.3, 0.4) is 0 Å². The van der Waals surface area contributed by atoms with E-state index < -0.39 is 17.9 Å². The van der Waals surface area contributed by atoms with E-state index in [1.165, 1.54) is 30.0 Å². The average molecular weight is 298 g/mol. The number of nitrogens with one attached hydrogen (secondary N) is 1. The van der Waals surface area contributed by atoms with Gasteiger partial charge >= 0.3 is 0 Å². The van der Waals surface area contributed by atoms with Crippen LogP contribution in [0.2, 0.25) is 0 Å². The molecule has 4 nitrogen and oxygen atoms in total. The Morgan fingerprint density at radius 2 is 2.05 bits per heavy atom. The molecule has 0 bridgehead atoms. The van der Waals surface area contributed by atoms with Gasteiger partial charge in [-0.1, -0.05) is 13.8 Å². The number of hydrogen-bond donors (Lipinski definition) is 2. The summed E-state index contributed by atoms with van der Waals surface area (Å²) in [4.78, 5) is 23.4. The summed E-state index contributed by atoms with van der Waals surface area (Å²) < 4.78 is 13.5. The standard InChI is InChI=1S/C14H19FN2O2S/c1-8(2)12(13(16)18)17-14(19)9-4-5-11(15)10(6-9)7-20-3/h4-6,8,12H,7H2,1-3H3,(H2,16,18)(H,17,19)/t12-/m0/s1. The van der Waals surface area contributed by atoms with Crippen LogP contribution in [-0.4, -0.2) is 24.1 Å². The monoisotopic (exact) mass is 298 g/mol. The first-order chi connectivity index (χ1) is 9.36. The molecule has 1 aromatic rings. The minimum absolute atomic E-state index is 0.109. The normalized spacial score (nSPS) is 12.2. The van der Waals surface area contributed by atoms with Gasteiger partial charge in [-0.15, -0.1) is 0 Å². The first-order valence-corrected chi connectivity index (χ1v) is 7.63. The zero-order valence-electron chi connectivity index (χ0n) is 11.8. The summed E-state index contributed by atoms with van der Waals surface area (Å²) in [6, 6.07) is 3.41. The molecular formula is C14H19FN2O2S. The first kappa shape index (κ1) is 16.5. The molecule has 0 aliphatic carbocycles. The van der Waals surface area contributed by atoms with Crippen LogP contribution in [0, 0.1) is 11.7 Å². The molecule has 0 saturated heterocycles.